The Labute approximate surface area is 159 Å². The lowest BCUT2D eigenvalue weighted by Crippen LogP contribution is -2.12. The predicted molar refractivity (Wildman–Crippen MR) is 99.9 cm³/mol. The number of fused-ring (bicyclic) bond motifs is 1. The third kappa shape index (κ3) is 3.45. The van der Waals surface area contributed by atoms with Gasteiger partial charge in [0, 0.05) is 25.8 Å². The Hall–Kier alpha value is -1.64. The summed E-state index contributed by atoms with van der Waals surface area (Å²) in [6.07, 6.45) is 0. The molecule has 1 heterocycles. The van der Waals surface area contributed by atoms with Gasteiger partial charge in [-0.2, -0.15) is 8.78 Å². The van der Waals surface area contributed by atoms with Gasteiger partial charge in [0.05, 0.1) is 0 Å². The summed E-state index contributed by atoms with van der Waals surface area (Å²) in [6, 6.07) is 13.0. The molecule has 0 unspecified atom stereocenters. The fourth-order valence-electron chi connectivity index (χ4n) is 2.26. The molecule has 0 saturated heterocycles. The van der Waals surface area contributed by atoms with Gasteiger partial charge in [-0.25, -0.2) is 0 Å². The van der Waals surface area contributed by atoms with Crippen LogP contribution < -0.4 is 5.32 Å². The molecular formula is C16H11BrF2NO4PS. The minimum atomic E-state index is -5.68. The molecule has 2 aromatic carbocycles. The van der Waals surface area contributed by atoms with E-state index in [0.29, 0.717) is 21.7 Å². The van der Waals surface area contributed by atoms with E-state index < -0.39 is 24.0 Å². The molecule has 5 nitrogen and oxygen atoms in total. The third-order valence-corrected chi connectivity index (χ3v) is 6.99. The highest BCUT2D eigenvalue weighted by Crippen LogP contribution is 2.62. The summed E-state index contributed by atoms with van der Waals surface area (Å²) < 4.78 is 39.5. The van der Waals surface area contributed by atoms with Crippen molar-refractivity contribution in [3.05, 3.63) is 63.4 Å². The van der Waals surface area contributed by atoms with Crippen LogP contribution in [-0.4, -0.2) is 15.7 Å². The standard InChI is InChI=1S/C16H11BrF2NO4PS/c17-13-11-8-9(15(21)20-10-4-2-1-3-5-10)6-7-12(11)26-14(13)16(18,19)25(22,23)24/h1-8H,(H,20,21)(H2,22,23,24). The van der Waals surface area contributed by atoms with Crippen LogP contribution in [0, 0.1) is 0 Å². The predicted octanol–water partition coefficient (Wildman–Crippen LogP) is 5.14. The molecule has 0 spiro atoms. The number of anilines is 1. The van der Waals surface area contributed by atoms with Gasteiger partial charge in [0.15, 0.2) is 0 Å². The zero-order valence-electron chi connectivity index (χ0n) is 12.8. The van der Waals surface area contributed by atoms with E-state index in [0.717, 1.165) is 0 Å². The topological polar surface area (TPSA) is 86.6 Å². The number of nitrogens with one attached hydrogen (secondary N) is 1. The molecule has 0 aliphatic rings. The van der Waals surface area contributed by atoms with Crippen molar-refractivity contribution in [3.8, 4) is 0 Å². The molecule has 136 valence electrons. The van der Waals surface area contributed by atoms with Crippen LogP contribution in [0.15, 0.2) is 53.0 Å². The summed E-state index contributed by atoms with van der Waals surface area (Å²) in [5.41, 5.74) is -3.51. The lowest BCUT2D eigenvalue weighted by Gasteiger charge is -2.16. The zero-order valence-corrected chi connectivity index (χ0v) is 16.1. The first-order valence-corrected chi connectivity index (χ1v) is 10.4. The molecule has 0 aliphatic carbocycles. The molecule has 3 aromatic rings. The Balaban J connectivity index is 2.01. The van der Waals surface area contributed by atoms with Crippen LogP contribution in [0.5, 0.6) is 0 Å². The molecule has 0 bridgehead atoms. The van der Waals surface area contributed by atoms with Gasteiger partial charge in [-0.05, 0) is 46.3 Å². The van der Waals surface area contributed by atoms with Crippen molar-refractivity contribution >= 4 is 56.5 Å². The van der Waals surface area contributed by atoms with Crippen molar-refractivity contribution in [2.75, 3.05) is 5.32 Å². The number of carbonyl (C=O) groups is 1. The van der Waals surface area contributed by atoms with E-state index in [2.05, 4.69) is 21.2 Å². The Morgan fingerprint density at radius 1 is 1.15 bits per heavy atom. The maximum Gasteiger partial charge on any atom is 0.400 e. The van der Waals surface area contributed by atoms with E-state index in [9.17, 15) is 18.1 Å². The smallest absolute Gasteiger partial charge is 0.322 e. The average molecular weight is 462 g/mol. The number of amides is 1. The summed E-state index contributed by atoms with van der Waals surface area (Å²) in [5.74, 6) is -0.431. The van der Waals surface area contributed by atoms with Crippen LogP contribution in [-0.2, 0) is 10.2 Å². The summed E-state index contributed by atoms with van der Waals surface area (Å²) in [4.78, 5) is 29.4. The number of hydrogen-bond acceptors (Lipinski definition) is 3. The van der Waals surface area contributed by atoms with Crippen molar-refractivity contribution in [2.45, 2.75) is 5.66 Å². The highest BCUT2D eigenvalue weighted by Gasteiger charge is 2.53. The Morgan fingerprint density at radius 3 is 2.42 bits per heavy atom. The van der Waals surface area contributed by atoms with Crippen LogP contribution in [0.3, 0.4) is 0 Å². The van der Waals surface area contributed by atoms with Crippen molar-refractivity contribution in [3.63, 3.8) is 0 Å². The molecule has 0 fully saturated rings. The fourth-order valence-corrected chi connectivity index (χ4v) is 5.18. The molecule has 1 amide bonds. The van der Waals surface area contributed by atoms with Gasteiger partial charge in [-0.3, -0.25) is 9.36 Å². The number of halogens is 3. The van der Waals surface area contributed by atoms with Crippen molar-refractivity contribution in [1.82, 2.24) is 0 Å². The minimum absolute atomic E-state index is 0.139. The number of rotatable bonds is 4. The van der Waals surface area contributed by atoms with Crippen LogP contribution in [0.2, 0.25) is 0 Å². The molecule has 0 radical (unpaired) electrons. The molecule has 0 atom stereocenters. The van der Waals surface area contributed by atoms with Crippen molar-refractivity contribution in [2.24, 2.45) is 0 Å². The van der Waals surface area contributed by atoms with Crippen LogP contribution in [0.1, 0.15) is 15.2 Å². The molecule has 3 rings (SSSR count). The van der Waals surface area contributed by atoms with E-state index in [1.807, 2.05) is 0 Å². The normalized spacial score (nSPS) is 12.3. The van der Waals surface area contributed by atoms with E-state index in [4.69, 9.17) is 9.79 Å². The Bertz CT molecular complexity index is 1040. The quantitative estimate of drug-likeness (QED) is 0.469. The van der Waals surface area contributed by atoms with Gasteiger partial charge in [-0.1, -0.05) is 18.2 Å². The van der Waals surface area contributed by atoms with Gasteiger partial charge in [-0.15, -0.1) is 11.3 Å². The van der Waals surface area contributed by atoms with Gasteiger partial charge in [0.25, 0.3) is 5.91 Å². The first-order valence-electron chi connectivity index (χ1n) is 7.13. The second-order valence-electron chi connectivity index (χ2n) is 5.36. The lowest BCUT2D eigenvalue weighted by molar-refractivity contribution is 0.0595. The fraction of sp³-hybridized carbons (Fsp3) is 0.0625. The summed E-state index contributed by atoms with van der Waals surface area (Å²) in [7, 11) is -5.68. The van der Waals surface area contributed by atoms with E-state index >= 15 is 0 Å². The van der Waals surface area contributed by atoms with Crippen molar-refractivity contribution < 1.29 is 27.9 Å². The molecule has 0 saturated carbocycles. The largest absolute Gasteiger partial charge is 0.400 e. The molecular weight excluding hydrogens is 451 g/mol. The number of alkyl halides is 2. The number of hydrogen-bond donors (Lipinski definition) is 3. The Morgan fingerprint density at radius 2 is 1.81 bits per heavy atom. The molecule has 0 aliphatic heterocycles. The minimum Gasteiger partial charge on any atom is -0.322 e. The van der Waals surface area contributed by atoms with Crippen LogP contribution >= 0.6 is 34.9 Å². The molecule has 1 aromatic heterocycles. The van der Waals surface area contributed by atoms with Gasteiger partial charge >= 0.3 is 13.3 Å². The van der Waals surface area contributed by atoms with E-state index in [1.165, 1.54) is 18.2 Å². The first kappa shape index (κ1) is 19.1. The molecule has 3 N–H and O–H groups in total. The first-order chi connectivity index (χ1) is 12.1. The lowest BCUT2D eigenvalue weighted by atomic mass is 10.1. The maximum atomic E-state index is 14.0. The summed E-state index contributed by atoms with van der Waals surface area (Å²) in [6.45, 7) is 0. The van der Waals surface area contributed by atoms with Gasteiger partial charge in [0.2, 0.25) is 0 Å². The monoisotopic (exact) mass is 461 g/mol. The van der Waals surface area contributed by atoms with E-state index in [1.54, 1.807) is 30.3 Å². The number of carbonyl (C=O) groups excluding carboxylic acids is 1. The second kappa shape index (κ2) is 6.83. The van der Waals surface area contributed by atoms with Gasteiger partial charge in [0.1, 0.15) is 4.88 Å². The third-order valence-electron chi connectivity index (χ3n) is 3.56. The highest BCUT2D eigenvalue weighted by atomic mass is 79.9. The SMILES string of the molecule is O=C(Nc1ccccc1)c1ccc2sc(C(F)(F)P(=O)(O)O)c(Br)c2c1. The zero-order chi connectivity index (χ0) is 19.1. The number of para-hydroxylation sites is 1. The second-order valence-corrected chi connectivity index (χ2v) is 8.86. The number of benzene rings is 2. The Kier molecular flexibility index (Phi) is 5.02. The average Bonchev–Trinajstić information content (AvgIpc) is 2.92. The molecule has 26 heavy (non-hydrogen) atoms. The van der Waals surface area contributed by atoms with Crippen LogP contribution in [0.25, 0.3) is 10.1 Å². The summed E-state index contributed by atoms with van der Waals surface area (Å²) >= 11 is 3.55. The van der Waals surface area contributed by atoms with Crippen molar-refractivity contribution in [1.29, 1.82) is 0 Å². The highest BCUT2D eigenvalue weighted by molar-refractivity contribution is 9.10. The van der Waals surface area contributed by atoms with Crippen LogP contribution in [0.4, 0.5) is 14.5 Å². The summed E-state index contributed by atoms with van der Waals surface area (Å²) in [5, 5.41) is 2.96. The van der Waals surface area contributed by atoms with Gasteiger partial charge < -0.3 is 15.1 Å². The maximum absolute atomic E-state index is 14.0. The number of thiophene rings is 1. The molecule has 10 heteroatoms. The van der Waals surface area contributed by atoms with E-state index in [-0.39, 0.29) is 15.4 Å².